The molecule has 0 aromatic heterocycles. The molecule has 32 heavy (non-hydrogen) atoms. The highest BCUT2D eigenvalue weighted by atomic mass is 16.5. The Morgan fingerprint density at radius 3 is 1.97 bits per heavy atom. The molecule has 0 radical (unpaired) electrons. The molecule has 1 amide bonds. The molecule has 1 aliphatic heterocycles. The molecule has 0 aliphatic carbocycles. The standard InChI is InChI=1S/C27H28N2O3/c30-26(23-17-10-18-28-23)29-25(27(31)32-19-20-11-4-1-5-12-20)24(21-13-6-2-7-14-21)22-15-8-3-9-16-22/h1-9,11-16,23-25,28H,10,17-19H2,(H,29,30). The summed E-state index contributed by atoms with van der Waals surface area (Å²) >= 11 is 0. The second-order valence-corrected chi connectivity index (χ2v) is 8.03. The molecule has 3 aromatic rings. The van der Waals surface area contributed by atoms with E-state index in [9.17, 15) is 9.59 Å². The van der Waals surface area contributed by atoms with Crippen molar-refractivity contribution in [2.45, 2.75) is 37.5 Å². The fourth-order valence-corrected chi connectivity index (χ4v) is 4.16. The Labute approximate surface area is 188 Å². The van der Waals surface area contributed by atoms with Crippen LogP contribution in [0, 0.1) is 0 Å². The topological polar surface area (TPSA) is 67.4 Å². The van der Waals surface area contributed by atoms with Crippen LogP contribution in [-0.2, 0) is 20.9 Å². The molecule has 1 aliphatic rings. The van der Waals surface area contributed by atoms with Gasteiger partial charge in [-0.15, -0.1) is 0 Å². The van der Waals surface area contributed by atoms with Crippen molar-refractivity contribution in [1.82, 2.24) is 10.6 Å². The maximum Gasteiger partial charge on any atom is 0.329 e. The first-order valence-corrected chi connectivity index (χ1v) is 11.1. The molecule has 0 saturated carbocycles. The molecule has 1 saturated heterocycles. The maximum absolute atomic E-state index is 13.4. The van der Waals surface area contributed by atoms with Crippen LogP contribution < -0.4 is 10.6 Å². The van der Waals surface area contributed by atoms with Crippen molar-refractivity contribution >= 4 is 11.9 Å². The minimum atomic E-state index is -0.849. The lowest BCUT2D eigenvalue weighted by Gasteiger charge is -2.28. The average molecular weight is 429 g/mol. The van der Waals surface area contributed by atoms with E-state index in [1.165, 1.54) is 0 Å². The van der Waals surface area contributed by atoms with Crippen LogP contribution in [0.15, 0.2) is 91.0 Å². The van der Waals surface area contributed by atoms with Crippen LogP contribution in [0.5, 0.6) is 0 Å². The molecule has 5 heteroatoms. The molecule has 2 atom stereocenters. The van der Waals surface area contributed by atoms with E-state index in [2.05, 4.69) is 10.6 Å². The van der Waals surface area contributed by atoms with Gasteiger partial charge >= 0.3 is 5.97 Å². The number of nitrogens with one attached hydrogen (secondary N) is 2. The summed E-state index contributed by atoms with van der Waals surface area (Å²) in [5, 5.41) is 6.23. The number of carbonyl (C=O) groups is 2. The quantitative estimate of drug-likeness (QED) is 0.536. The molecule has 164 valence electrons. The van der Waals surface area contributed by atoms with Crippen molar-refractivity contribution in [1.29, 1.82) is 0 Å². The SMILES string of the molecule is O=C(NC(C(=O)OCc1ccccc1)C(c1ccccc1)c1ccccc1)C1CCCN1. The fraction of sp³-hybridized carbons (Fsp3) is 0.259. The minimum absolute atomic E-state index is 0.157. The first kappa shape index (κ1) is 21.8. The second kappa shape index (κ2) is 10.7. The number of benzene rings is 3. The number of ether oxygens (including phenoxy) is 1. The van der Waals surface area contributed by atoms with Gasteiger partial charge in [0.15, 0.2) is 0 Å². The Kier molecular flexibility index (Phi) is 7.31. The Bertz CT molecular complexity index is 963. The van der Waals surface area contributed by atoms with Gasteiger partial charge in [-0.1, -0.05) is 91.0 Å². The summed E-state index contributed by atoms with van der Waals surface area (Å²) in [6.45, 7) is 0.964. The molecule has 1 heterocycles. The van der Waals surface area contributed by atoms with Crippen LogP contribution in [0.2, 0.25) is 0 Å². The fourth-order valence-electron chi connectivity index (χ4n) is 4.16. The number of rotatable bonds is 8. The summed E-state index contributed by atoms with van der Waals surface area (Å²) < 4.78 is 5.70. The van der Waals surface area contributed by atoms with Crippen LogP contribution in [0.1, 0.15) is 35.4 Å². The Hall–Kier alpha value is -3.44. The maximum atomic E-state index is 13.4. The highest BCUT2D eigenvalue weighted by Crippen LogP contribution is 2.29. The van der Waals surface area contributed by atoms with E-state index in [1.807, 2.05) is 91.0 Å². The summed E-state index contributed by atoms with van der Waals surface area (Å²) in [6, 6.07) is 28.0. The largest absolute Gasteiger partial charge is 0.459 e. The predicted molar refractivity (Wildman–Crippen MR) is 124 cm³/mol. The van der Waals surface area contributed by atoms with Crippen molar-refractivity contribution in [2.24, 2.45) is 0 Å². The van der Waals surface area contributed by atoms with Gasteiger partial charge in [0.25, 0.3) is 0 Å². The second-order valence-electron chi connectivity index (χ2n) is 8.03. The summed E-state index contributed by atoms with van der Waals surface area (Å²) in [5.74, 6) is -0.982. The molecule has 3 aromatic carbocycles. The molecule has 0 spiro atoms. The Morgan fingerprint density at radius 1 is 0.875 bits per heavy atom. The lowest BCUT2D eigenvalue weighted by atomic mass is 9.84. The van der Waals surface area contributed by atoms with Gasteiger partial charge in [0, 0.05) is 5.92 Å². The third-order valence-electron chi connectivity index (χ3n) is 5.80. The predicted octanol–water partition coefficient (Wildman–Crippen LogP) is 3.80. The van der Waals surface area contributed by atoms with E-state index in [1.54, 1.807) is 0 Å². The van der Waals surface area contributed by atoms with Crippen molar-refractivity contribution in [3.05, 3.63) is 108 Å². The first-order chi connectivity index (χ1) is 15.7. The highest BCUT2D eigenvalue weighted by Gasteiger charge is 2.35. The highest BCUT2D eigenvalue weighted by molar-refractivity contribution is 5.88. The van der Waals surface area contributed by atoms with E-state index in [0.717, 1.165) is 36.1 Å². The zero-order valence-electron chi connectivity index (χ0n) is 17.9. The molecular formula is C27H28N2O3. The lowest BCUT2D eigenvalue weighted by Crippen LogP contribution is -2.51. The number of hydrogen-bond acceptors (Lipinski definition) is 4. The van der Waals surface area contributed by atoms with E-state index in [4.69, 9.17) is 4.74 Å². The van der Waals surface area contributed by atoms with Crippen LogP contribution >= 0.6 is 0 Å². The summed E-state index contributed by atoms with van der Waals surface area (Å²) in [4.78, 5) is 26.4. The average Bonchev–Trinajstić information content (AvgIpc) is 3.39. The molecule has 4 rings (SSSR count). The van der Waals surface area contributed by atoms with E-state index < -0.39 is 12.0 Å². The normalized spacial score (nSPS) is 16.5. The smallest absolute Gasteiger partial charge is 0.329 e. The molecule has 5 nitrogen and oxygen atoms in total. The lowest BCUT2D eigenvalue weighted by molar-refractivity contribution is -0.149. The third kappa shape index (κ3) is 5.42. The van der Waals surface area contributed by atoms with Gasteiger partial charge in [-0.25, -0.2) is 4.79 Å². The van der Waals surface area contributed by atoms with Gasteiger partial charge in [-0.2, -0.15) is 0 Å². The van der Waals surface area contributed by atoms with Gasteiger partial charge in [0.2, 0.25) is 5.91 Å². The molecule has 2 unspecified atom stereocenters. The molecule has 2 N–H and O–H groups in total. The van der Waals surface area contributed by atoms with Gasteiger partial charge < -0.3 is 15.4 Å². The van der Waals surface area contributed by atoms with Crippen LogP contribution in [-0.4, -0.2) is 30.5 Å². The van der Waals surface area contributed by atoms with Gasteiger partial charge in [0.1, 0.15) is 12.6 Å². The van der Waals surface area contributed by atoms with Crippen LogP contribution in [0.25, 0.3) is 0 Å². The number of carbonyl (C=O) groups excluding carboxylic acids is 2. The van der Waals surface area contributed by atoms with E-state index in [-0.39, 0.29) is 24.5 Å². The van der Waals surface area contributed by atoms with Crippen LogP contribution in [0.3, 0.4) is 0 Å². The number of esters is 1. The van der Waals surface area contributed by atoms with Gasteiger partial charge in [-0.05, 0) is 36.1 Å². The monoisotopic (exact) mass is 428 g/mol. The summed E-state index contributed by atoms with van der Waals surface area (Å²) in [6.07, 6.45) is 1.71. The van der Waals surface area contributed by atoms with E-state index in [0.29, 0.717) is 0 Å². The van der Waals surface area contributed by atoms with Crippen molar-refractivity contribution in [3.63, 3.8) is 0 Å². The van der Waals surface area contributed by atoms with Crippen molar-refractivity contribution in [2.75, 3.05) is 6.54 Å². The Morgan fingerprint density at radius 2 is 1.44 bits per heavy atom. The van der Waals surface area contributed by atoms with E-state index >= 15 is 0 Å². The number of amides is 1. The number of hydrogen-bond donors (Lipinski definition) is 2. The van der Waals surface area contributed by atoms with Gasteiger partial charge in [-0.3, -0.25) is 4.79 Å². The molecule has 0 bridgehead atoms. The Balaban J connectivity index is 1.64. The molecule has 1 fully saturated rings. The summed E-state index contributed by atoms with van der Waals surface area (Å²) in [7, 11) is 0. The van der Waals surface area contributed by atoms with Crippen molar-refractivity contribution < 1.29 is 14.3 Å². The summed E-state index contributed by atoms with van der Waals surface area (Å²) in [5.41, 5.74) is 2.79. The first-order valence-electron chi connectivity index (χ1n) is 11.1. The van der Waals surface area contributed by atoms with Gasteiger partial charge in [0.05, 0.1) is 6.04 Å². The van der Waals surface area contributed by atoms with Crippen molar-refractivity contribution in [3.8, 4) is 0 Å². The van der Waals surface area contributed by atoms with Crippen LogP contribution in [0.4, 0.5) is 0 Å². The zero-order chi connectivity index (χ0) is 22.2. The zero-order valence-corrected chi connectivity index (χ0v) is 17.9. The third-order valence-corrected chi connectivity index (χ3v) is 5.80. The molecular weight excluding hydrogens is 400 g/mol. The minimum Gasteiger partial charge on any atom is -0.459 e.